The standard InChI is InChI=1S/C33H46FN4O14P/c1-20(2)50-28(41)21(3)36-53(45,52-23-9-7-6-8-10-23)49-18-25-27(40)33(4,34)30(51-25)37-14-11-26(39)38(32(37)44)19-48-29(42)24(35-31(43)46-5)17-22-12-15-47-16-13-22/h6-11,14,20-22,24-25,27,30,40H,12-13,15-19H2,1-5H3,(H,35,43)(H,36,45)/t21-,24?,25+,27+,30+,33+,53?/m0/s1. The number of benzene rings is 1. The van der Waals surface area contributed by atoms with Crippen molar-refractivity contribution in [2.75, 3.05) is 26.9 Å². The van der Waals surface area contributed by atoms with Crippen LogP contribution in [0.4, 0.5) is 9.18 Å². The molecule has 4 rings (SSSR count). The predicted octanol–water partition coefficient (Wildman–Crippen LogP) is 2.17. The fourth-order valence-electron chi connectivity index (χ4n) is 5.64. The van der Waals surface area contributed by atoms with Gasteiger partial charge >= 0.3 is 31.5 Å². The molecule has 1 amide bonds. The Hall–Kier alpha value is -4.13. The van der Waals surface area contributed by atoms with E-state index in [-0.39, 0.29) is 18.1 Å². The molecule has 0 aliphatic carbocycles. The second-order valence-corrected chi connectivity index (χ2v) is 14.7. The topological polar surface area (TPSA) is 221 Å². The van der Waals surface area contributed by atoms with Crippen LogP contribution >= 0.6 is 7.75 Å². The second-order valence-electron chi connectivity index (χ2n) is 13.0. The van der Waals surface area contributed by atoms with Gasteiger partial charge in [0.15, 0.2) is 18.6 Å². The fourth-order valence-corrected chi connectivity index (χ4v) is 7.15. The number of nitrogens with one attached hydrogen (secondary N) is 2. The normalized spacial score (nSPS) is 24.1. The summed E-state index contributed by atoms with van der Waals surface area (Å²) in [6.45, 7) is 4.87. The van der Waals surface area contributed by atoms with E-state index in [9.17, 15) is 33.6 Å². The van der Waals surface area contributed by atoms with Crippen LogP contribution in [0.1, 0.15) is 53.2 Å². The second kappa shape index (κ2) is 18.3. The number of nitrogens with zero attached hydrogens (tertiary/aromatic N) is 2. The number of alkyl halides is 1. The van der Waals surface area contributed by atoms with Crippen molar-refractivity contribution in [2.45, 2.75) is 96.0 Å². The van der Waals surface area contributed by atoms with Gasteiger partial charge in [0, 0.05) is 25.5 Å². The lowest BCUT2D eigenvalue weighted by molar-refractivity contribution is -0.151. The van der Waals surface area contributed by atoms with Gasteiger partial charge in [0.05, 0.1) is 19.8 Å². The van der Waals surface area contributed by atoms with Crippen LogP contribution in [0.3, 0.4) is 0 Å². The number of aromatic nitrogens is 2. The minimum absolute atomic E-state index is 0.0135. The number of esters is 2. The van der Waals surface area contributed by atoms with Gasteiger partial charge in [-0.15, -0.1) is 0 Å². The minimum Gasteiger partial charge on any atom is -0.462 e. The summed E-state index contributed by atoms with van der Waals surface area (Å²) in [6.07, 6.45) is -4.35. The number of methoxy groups -OCH3 is 1. The van der Waals surface area contributed by atoms with Gasteiger partial charge in [-0.2, -0.15) is 5.09 Å². The molecule has 294 valence electrons. The smallest absolute Gasteiger partial charge is 0.459 e. The first-order valence-electron chi connectivity index (χ1n) is 17.0. The average Bonchev–Trinajstić information content (AvgIpc) is 3.34. The van der Waals surface area contributed by atoms with E-state index in [1.165, 1.54) is 19.1 Å². The molecule has 0 radical (unpaired) electrons. The van der Waals surface area contributed by atoms with Crippen molar-refractivity contribution in [1.82, 2.24) is 19.5 Å². The maximum absolute atomic E-state index is 16.2. The molecule has 53 heavy (non-hydrogen) atoms. The first kappa shape index (κ1) is 41.6. The summed E-state index contributed by atoms with van der Waals surface area (Å²) in [6, 6.07) is 6.38. The van der Waals surface area contributed by atoms with Crippen molar-refractivity contribution in [3.05, 3.63) is 63.4 Å². The van der Waals surface area contributed by atoms with Crippen molar-refractivity contribution in [2.24, 2.45) is 5.92 Å². The number of hydrogen-bond acceptors (Lipinski definition) is 14. The lowest BCUT2D eigenvalue weighted by Gasteiger charge is -2.26. The van der Waals surface area contributed by atoms with E-state index in [1.54, 1.807) is 32.0 Å². The Labute approximate surface area is 304 Å². The maximum Gasteiger partial charge on any atom is 0.459 e. The Balaban J connectivity index is 1.50. The molecule has 20 heteroatoms. The lowest BCUT2D eigenvalue weighted by atomic mass is 9.92. The maximum atomic E-state index is 16.2. The number of carbonyl (C=O) groups excluding carboxylic acids is 3. The van der Waals surface area contributed by atoms with Gasteiger partial charge in [-0.3, -0.25) is 18.7 Å². The summed E-state index contributed by atoms with van der Waals surface area (Å²) in [5.74, 6) is -1.60. The molecule has 2 saturated heterocycles. The molecule has 2 unspecified atom stereocenters. The van der Waals surface area contributed by atoms with Crippen LogP contribution in [0.25, 0.3) is 0 Å². The summed E-state index contributed by atoms with van der Waals surface area (Å²) in [5, 5.41) is 15.8. The quantitative estimate of drug-likeness (QED) is 0.126. The number of rotatable bonds is 16. The van der Waals surface area contributed by atoms with E-state index in [1.807, 2.05) is 0 Å². The van der Waals surface area contributed by atoms with Crippen molar-refractivity contribution in [3.8, 4) is 5.75 Å². The largest absolute Gasteiger partial charge is 0.462 e. The molecule has 7 atom stereocenters. The predicted molar refractivity (Wildman–Crippen MR) is 182 cm³/mol. The summed E-state index contributed by atoms with van der Waals surface area (Å²) in [5.41, 5.74) is -4.76. The van der Waals surface area contributed by atoms with Crippen LogP contribution in [0.2, 0.25) is 0 Å². The number of aliphatic hydroxyl groups is 1. The highest BCUT2D eigenvalue weighted by molar-refractivity contribution is 7.52. The average molecular weight is 773 g/mol. The zero-order valence-electron chi connectivity index (χ0n) is 30.0. The van der Waals surface area contributed by atoms with Crippen LogP contribution in [0, 0.1) is 5.92 Å². The third-order valence-electron chi connectivity index (χ3n) is 8.51. The number of alkyl carbamates (subject to hydrolysis) is 1. The van der Waals surface area contributed by atoms with E-state index in [0.29, 0.717) is 35.2 Å². The molecule has 3 heterocycles. The number of halogens is 1. The zero-order chi connectivity index (χ0) is 38.9. The Bertz CT molecular complexity index is 1730. The van der Waals surface area contributed by atoms with Gasteiger partial charge in [0.2, 0.25) is 0 Å². The first-order chi connectivity index (χ1) is 25.0. The summed E-state index contributed by atoms with van der Waals surface area (Å²) >= 11 is 0. The number of ether oxygens (including phenoxy) is 5. The fraction of sp³-hybridized carbons (Fsp3) is 0.606. The Kier molecular flexibility index (Phi) is 14.3. The van der Waals surface area contributed by atoms with Crippen LogP contribution in [-0.2, 0) is 49.1 Å². The highest BCUT2D eigenvalue weighted by Crippen LogP contribution is 2.47. The third-order valence-corrected chi connectivity index (χ3v) is 10.2. The Morgan fingerprint density at radius 3 is 2.42 bits per heavy atom. The molecule has 0 saturated carbocycles. The van der Waals surface area contributed by atoms with E-state index in [4.69, 9.17) is 28.0 Å². The summed E-state index contributed by atoms with van der Waals surface area (Å²) in [4.78, 5) is 63.8. The lowest BCUT2D eigenvalue weighted by Crippen LogP contribution is -2.48. The van der Waals surface area contributed by atoms with Gasteiger partial charge in [0.25, 0.3) is 5.56 Å². The van der Waals surface area contributed by atoms with E-state index in [2.05, 4.69) is 15.1 Å². The number of para-hydroxylation sites is 1. The molecule has 2 aliphatic rings. The van der Waals surface area contributed by atoms with Gasteiger partial charge < -0.3 is 38.6 Å². The van der Waals surface area contributed by atoms with Crippen molar-refractivity contribution < 1.29 is 61.2 Å². The number of hydrogen-bond donors (Lipinski definition) is 3. The van der Waals surface area contributed by atoms with Crippen molar-refractivity contribution in [1.29, 1.82) is 0 Å². The zero-order valence-corrected chi connectivity index (χ0v) is 30.9. The molecular formula is C33H46FN4O14P. The molecule has 1 aromatic heterocycles. The van der Waals surface area contributed by atoms with Crippen LogP contribution < -0.4 is 26.2 Å². The van der Waals surface area contributed by atoms with E-state index in [0.717, 1.165) is 26.3 Å². The van der Waals surface area contributed by atoms with Crippen LogP contribution in [0.5, 0.6) is 5.75 Å². The van der Waals surface area contributed by atoms with Crippen LogP contribution in [0.15, 0.2) is 52.2 Å². The number of aliphatic hydroxyl groups excluding tert-OH is 1. The van der Waals surface area contributed by atoms with Gasteiger partial charge in [-0.1, -0.05) is 18.2 Å². The molecule has 2 aromatic rings. The van der Waals surface area contributed by atoms with E-state index < -0.39 is 92.7 Å². The van der Waals surface area contributed by atoms with Crippen LogP contribution in [-0.4, -0.2) is 95.3 Å². The minimum atomic E-state index is -4.45. The summed E-state index contributed by atoms with van der Waals surface area (Å²) < 4.78 is 68.5. The molecule has 0 bridgehead atoms. The molecule has 0 spiro atoms. The van der Waals surface area contributed by atoms with Crippen molar-refractivity contribution in [3.63, 3.8) is 0 Å². The Morgan fingerprint density at radius 1 is 1.09 bits per heavy atom. The SMILES string of the molecule is COC(=O)NC(CC1CCOCC1)C(=O)OCn1c(=O)ccn([C@@H]2O[C@H](COP(=O)(N[C@@H](C)C(=O)OC(C)C)Oc3ccccc3)[C@@H](O)[C@@]2(C)F)c1=O. The highest BCUT2D eigenvalue weighted by Gasteiger charge is 2.56. The van der Waals surface area contributed by atoms with Gasteiger partial charge in [0.1, 0.15) is 30.0 Å². The molecule has 2 fully saturated rings. The number of amides is 1. The third kappa shape index (κ3) is 11.0. The monoisotopic (exact) mass is 772 g/mol. The number of carbonyl (C=O) groups is 3. The van der Waals surface area contributed by atoms with Crippen molar-refractivity contribution >= 4 is 25.8 Å². The van der Waals surface area contributed by atoms with Gasteiger partial charge in [-0.05, 0) is 65.0 Å². The molecule has 1 aromatic carbocycles. The first-order valence-corrected chi connectivity index (χ1v) is 18.5. The van der Waals surface area contributed by atoms with E-state index >= 15 is 4.39 Å². The Morgan fingerprint density at radius 2 is 1.77 bits per heavy atom. The molecule has 3 N–H and O–H groups in total. The molecule has 2 aliphatic heterocycles. The van der Waals surface area contributed by atoms with Gasteiger partial charge in [-0.25, -0.2) is 27.9 Å². The molecular weight excluding hydrogens is 726 g/mol. The molecule has 18 nitrogen and oxygen atoms in total. The summed E-state index contributed by atoms with van der Waals surface area (Å²) in [7, 11) is -3.33. The highest BCUT2D eigenvalue weighted by atomic mass is 31.2.